The van der Waals surface area contributed by atoms with Gasteiger partial charge in [-0.05, 0) is 36.4 Å². The van der Waals surface area contributed by atoms with Crippen LogP contribution in [0.3, 0.4) is 0 Å². The van der Waals surface area contributed by atoms with Crippen molar-refractivity contribution in [3.8, 4) is 17.2 Å². The monoisotopic (exact) mass is 285 g/mol. The molecule has 0 aliphatic heterocycles. The third-order valence-corrected chi connectivity index (χ3v) is 3.44. The molecule has 2 heterocycles. The van der Waals surface area contributed by atoms with E-state index < -0.39 is 0 Å². The quantitative estimate of drug-likeness (QED) is 0.742. The van der Waals surface area contributed by atoms with Gasteiger partial charge in [-0.2, -0.15) is 0 Å². The van der Waals surface area contributed by atoms with Crippen LogP contribution in [0.25, 0.3) is 11.5 Å². The number of pyridine rings is 1. The summed E-state index contributed by atoms with van der Waals surface area (Å²) in [4.78, 5) is 4.23. The molecule has 0 unspecified atom stereocenters. The highest BCUT2D eigenvalue weighted by Gasteiger charge is 2.09. The first-order valence-corrected chi connectivity index (χ1v) is 6.95. The van der Waals surface area contributed by atoms with E-state index in [1.54, 1.807) is 30.5 Å². The number of aromatic hydroxyl groups is 1. The minimum absolute atomic E-state index is 0.206. The van der Waals surface area contributed by atoms with Crippen LogP contribution in [0.5, 0.6) is 5.75 Å². The van der Waals surface area contributed by atoms with Gasteiger partial charge in [0.15, 0.2) is 0 Å². The number of phenols is 1. The number of phenolic OH excluding ortho intramolecular Hbond substituents is 1. The van der Waals surface area contributed by atoms with Crippen LogP contribution in [-0.4, -0.2) is 20.3 Å². The number of benzene rings is 1. The first-order chi connectivity index (χ1) is 9.81. The van der Waals surface area contributed by atoms with Gasteiger partial charge in [-0.1, -0.05) is 17.8 Å². The van der Waals surface area contributed by atoms with Crippen LogP contribution in [-0.2, 0) is 5.75 Å². The summed E-state index contributed by atoms with van der Waals surface area (Å²) >= 11 is 1.44. The standard InChI is InChI=1S/C14H11N3O2S/c18-12-6-4-10(5-7-12)13-16-17-14(19-13)20-9-11-3-1-2-8-15-11/h1-8,18H,9H2. The Labute approximate surface area is 119 Å². The Morgan fingerprint density at radius 1 is 1.05 bits per heavy atom. The molecule has 0 spiro atoms. The van der Waals surface area contributed by atoms with E-state index in [2.05, 4.69) is 15.2 Å². The molecular weight excluding hydrogens is 274 g/mol. The summed E-state index contributed by atoms with van der Waals surface area (Å²) in [5, 5.41) is 17.7. The van der Waals surface area contributed by atoms with Crippen molar-refractivity contribution < 1.29 is 9.52 Å². The predicted octanol–water partition coefficient (Wildman–Crippen LogP) is 3.13. The lowest BCUT2D eigenvalue weighted by atomic mass is 10.2. The number of rotatable bonds is 4. The van der Waals surface area contributed by atoms with Gasteiger partial charge in [0.2, 0.25) is 5.89 Å². The molecule has 0 saturated carbocycles. The molecule has 3 aromatic rings. The maximum absolute atomic E-state index is 9.24. The summed E-state index contributed by atoms with van der Waals surface area (Å²) in [5.41, 5.74) is 1.74. The van der Waals surface area contributed by atoms with Gasteiger partial charge in [-0.15, -0.1) is 10.2 Å². The molecule has 5 nitrogen and oxygen atoms in total. The molecule has 1 aromatic carbocycles. The summed E-state index contributed by atoms with van der Waals surface area (Å²) < 4.78 is 5.56. The van der Waals surface area contributed by atoms with Crippen molar-refractivity contribution in [3.63, 3.8) is 0 Å². The molecule has 2 aromatic heterocycles. The van der Waals surface area contributed by atoms with Crippen LogP contribution in [0.1, 0.15) is 5.69 Å². The Kier molecular flexibility index (Phi) is 3.64. The molecule has 0 atom stereocenters. The minimum Gasteiger partial charge on any atom is -0.508 e. The van der Waals surface area contributed by atoms with Crippen LogP contribution in [0, 0.1) is 0 Å². The van der Waals surface area contributed by atoms with Crippen molar-refractivity contribution in [2.75, 3.05) is 0 Å². The van der Waals surface area contributed by atoms with E-state index in [9.17, 15) is 5.11 Å². The van der Waals surface area contributed by atoms with Gasteiger partial charge in [0.1, 0.15) is 5.75 Å². The molecule has 0 aliphatic carbocycles. The third kappa shape index (κ3) is 2.97. The van der Waals surface area contributed by atoms with E-state index in [1.165, 1.54) is 11.8 Å². The molecule has 6 heteroatoms. The highest BCUT2D eigenvalue weighted by molar-refractivity contribution is 7.98. The first kappa shape index (κ1) is 12.7. The fraction of sp³-hybridized carbons (Fsp3) is 0.0714. The van der Waals surface area contributed by atoms with Gasteiger partial charge in [0, 0.05) is 17.5 Å². The zero-order valence-corrected chi connectivity index (χ0v) is 11.2. The van der Waals surface area contributed by atoms with Crippen LogP contribution in [0.4, 0.5) is 0 Å². The van der Waals surface area contributed by atoms with Gasteiger partial charge in [-0.3, -0.25) is 4.98 Å². The summed E-state index contributed by atoms with van der Waals surface area (Å²) in [6.07, 6.45) is 1.76. The second-order valence-electron chi connectivity index (χ2n) is 4.03. The van der Waals surface area contributed by atoms with Crippen molar-refractivity contribution in [3.05, 3.63) is 54.4 Å². The number of hydrogen-bond acceptors (Lipinski definition) is 6. The van der Waals surface area contributed by atoms with Crippen molar-refractivity contribution in [1.29, 1.82) is 0 Å². The molecule has 20 heavy (non-hydrogen) atoms. The molecule has 0 aliphatic rings. The Hall–Kier alpha value is -2.34. The number of hydrogen-bond donors (Lipinski definition) is 1. The Bertz CT molecular complexity index is 683. The van der Waals surface area contributed by atoms with Crippen molar-refractivity contribution >= 4 is 11.8 Å². The van der Waals surface area contributed by atoms with E-state index in [0.717, 1.165) is 11.3 Å². The Morgan fingerprint density at radius 2 is 1.90 bits per heavy atom. The zero-order valence-electron chi connectivity index (χ0n) is 10.4. The van der Waals surface area contributed by atoms with Crippen LogP contribution < -0.4 is 0 Å². The van der Waals surface area contributed by atoms with Gasteiger partial charge in [-0.25, -0.2) is 0 Å². The Morgan fingerprint density at radius 3 is 2.65 bits per heavy atom. The molecule has 0 fully saturated rings. The largest absolute Gasteiger partial charge is 0.508 e. The highest BCUT2D eigenvalue weighted by atomic mass is 32.2. The smallest absolute Gasteiger partial charge is 0.277 e. The number of aromatic nitrogens is 3. The highest BCUT2D eigenvalue weighted by Crippen LogP contribution is 2.26. The van der Waals surface area contributed by atoms with Gasteiger partial charge < -0.3 is 9.52 Å². The molecular formula is C14H11N3O2S. The van der Waals surface area contributed by atoms with E-state index in [0.29, 0.717) is 16.9 Å². The van der Waals surface area contributed by atoms with Crippen LogP contribution in [0.15, 0.2) is 58.3 Å². The minimum atomic E-state index is 0.206. The van der Waals surface area contributed by atoms with Gasteiger partial charge in [0.25, 0.3) is 5.22 Å². The molecule has 0 amide bonds. The fourth-order valence-electron chi connectivity index (χ4n) is 1.61. The average Bonchev–Trinajstić information content (AvgIpc) is 2.96. The molecule has 1 N–H and O–H groups in total. The summed E-state index contributed by atoms with van der Waals surface area (Å²) in [6.45, 7) is 0. The second-order valence-corrected chi connectivity index (χ2v) is 4.96. The molecule has 100 valence electrons. The predicted molar refractivity (Wildman–Crippen MR) is 75.2 cm³/mol. The molecule has 0 bridgehead atoms. The van der Waals surface area contributed by atoms with Crippen LogP contribution >= 0.6 is 11.8 Å². The summed E-state index contributed by atoms with van der Waals surface area (Å²) in [5.74, 6) is 1.32. The van der Waals surface area contributed by atoms with Gasteiger partial charge >= 0.3 is 0 Å². The van der Waals surface area contributed by atoms with Crippen molar-refractivity contribution in [1.82, 2.24) is 15.2 Å². The van der Waals surface area contributed by atoms with E-state index in [4.69, 9.17) is 4.42 Å². The maximum Gasteiger partial charge on any atom is 0.277 e. The van der Waals surface area contributed by atoms with E-state index in [1.807, 2.05) is 18.2 Å². The average molecular weight is 285 g/mol. The lowest BCUT2D eigenvalue weighted by molar-refractivity contribution is 0.465. The molecule has 0 saturated heterocycles. The third-order valence-electron chi connectivity index (χ3n) is 2.59. The van der Waals surface area contributed by atoms with E-state index in [-0.39, 0.29) is 5.75 Å². The maximum atomic E-state index is 9.24. The van der Waals surface area contributed by atoms with Gasteiger partial charge in [0.05, 0.1) is 5.69 Å². The molecule has 0 radical (unpaired) electrons. The normalized spacial score (nSPS) is 10.6. The van der Waals surface area contributed by atoms with Crippen LogP contribution in [0.2, 0.25) is 0 Å². The number of nitrogens with zero attached hydrogens (tertiary/aromatic N) is 3. The first-order valence-electron chi connectivity index (χ1n) is 5.97. The summed E-state index contributed by atoms with van der Waals surface area (Å²) in [6, 6.07) is 12.4. The lowest BCUT2D eigenvalue weighted by Crippen LogP contribution is -1.84. The fourth-order valence-corrected chi connectivity index (χ4v) is 2.29. The topological polar surface area (TPSA) is 72.0 Å². The summed E-state index contributed by atoms with van der Waals surface area (Å²) in [7, 11) is 0. The number of thioether (sulfide) groups is 1. The lowest BCUT2D eigenvalue weighted by Gasteiger charge is -1.96. The zero-order chi connectivity index (χ0) is 13.8. The van der Waals surface area contributed by atoms with E-state index >= 15 is 0 Å². The second kappa shape index (κ2) is 5.75. The Balaban J connectivity index is 1.69. The van der Waals surface area contributed by atoms with Crippen molar-refractivity contribution in [2.24, 2.45) is 0 Å². The van der Waals surface area contributed by atoms with Crippen molar-refractivity contribution in [2.45, 2.75) is 11.0 Å². The molecule has 3 rings (SSSR count). The SMILES string of the molecule is Oc1ccc(-c2nnc(SCc3ccccn3)o2)cc1.